The molecule has 0 radical (unpaired) electrons. The van der Waals surface area contributed by atoms with Gasteiger partial charge >= 0.3 is 0 Å². The molecule has 3 rings (SSSR count). The highest BCUT2D eigenvalue weighted by atomic mass is 16.5. The predicted octanol–water partition coefficient (Wildman–Crippen LogP) is 1.47. The molecule has 1 saturated carbocycles. The maximum atomic E-state index is 6.07. The number of hydrogen-bond acceptors (Lipinski definition) is 3. The average Bonchev–Trinajstić information content (AvgIpc) is 2.60. The van der Waals surface area contributed by atoms with E-state index < -0.39 is 0 Å². The van der Waals surface area contributed by atoms with E-state index in [-0.39, 0.29) is 5.60 Å². The molecule has 3 fully saturated rings. The Morgan fingerprint density at radius 3 is 2.60 bits per heavy atom. The van der Waals surface area contributed by atoms with Crippen LogP contribution in [0.15, 0.2) is 0 Å². The predicted molar refractivity (Wildman–Crippen MR) is 57.9 cm³/mol. The normalized spacial score (nSPS) is 35.6. The maximum Gasteiger partial charge on any atom is 0.0827 e. The van der Waals surface area contributed by atoms with Crippen LogP contribution in [0.1, 0.15) is 38.5 Å². The summed E-state index contributed by atoms with van der Waals surface area (Å²) >= 11 is 0. The molecule has 15 heavy (non-hydrogen) atoms. The van der Waals surface area contributed by atoms with E-state index >= 15 is 0 Å². The Balaban J connectivity index is 1.55. The van der Waals surface area contributed by atoms with Crippen LogP contribution in [0.3, 0.4) is 0 Å². The molecule has 1 spiro atoms. The SMILES string of the molecule is C1CCC2(C1)CC(OC1CNC1)CCO2. The van der Waals surface area contributed by atoms with E-state index in [0.29, 0.717) is 12.2 Å². The fraction of sp³-hybridized carbons (Fsp3) is 1.00. The standard InChI is InChI=1S/C12H21NO2/c1-2-5-12(4-1)7-10(3-6-14-12)15-11-8-13-9-11/h10-11,13H,1-9H2. The van der Waals surface area contributed by atoms with Crippen molar-refractivity contribution in [2.45, 2.75) is 56.3 Å². The van der Waals surface area contributed by atoms with Crippen LogP contribution in [0.5, 0.6) is 0 Å². The summed E-state index contributed by atoms with van der Waals surface area (Å²) in [6.45, 7) is 3.00. The quantitative estimate of drug-likeness (QED) is 0.750. The highest BCUT2D eigenvalue weighted by Crippen LogP contribution is 2.40. The molecule has 3 heteroatoms. The first-order chi connectivity index (χ1) is 7.36. The molecule has 0 amide bonds. The molecule has 2 aliphatic heterocycles. The molecule has 1 N–H and O–H groups in total. The van der Waals surface area contributed by atoms with Crippen molar-refractivity contribution in [2.24, 2.45) is 0 Å². The first-order valence-electron chi connectivity index (χ1n) is 6.36. The van der Waals surface area contributed by atoms with Gasteiger partial charge in [0.05, 0.1) is 17.8 Å². The van der Waals surface area contributed by atoms with Crippen LogP contribution < -0.4 is 5.32 Å². The average molecular weight is 211 g/mol. The second-order valence-electron chi connectivity index (χ2n) is 5.27. The Kier molecular flexibility index (Phi) is 2.71. The minimum Gasteiger partial charge on any atom is -0.375 e. The minimum atomic E-state index is 0.208. The van der Waals surface area contributed by atoms with Crippen molar-refractivity contribution in [1.29, 1.82) is 0 Å². The third-order valence-corrected chi connectivity index (χ3v) is 4.09. The Hall–Kier alpha value is -0.120. The topological polar surface area (TPSA) is 30.5 Å². The summed E-state index contributed by atoms with van der Waals surface area (Å²) in [6, 6.07) is 0. The monoisotopic (exact) mass is 211 g/mol. The van der Waals surface area contributed by atoms with Crippen LogP contribution in [0, 0.1) is 0 Å². The number of nitrogens with one attached hydrogen (secondary N) is 1. The van der Waals surface area contributed by atoms with E-state index in [1.165, 1.54) is 25.7 Å². The van der Waals surface area contributed by atoms with Crippen molar-refractivity contribution in [2.75, 3.05) is 19.7 Å². The van der Waals surface area contributed by atoms with Gasteiger partial charge in [0, 0.05) is 26.1 Å². The second kappa shape index (κ2) is 4.04. The first kappa shape index (κ1) is 10.1. The van der Waals surface area contributed by atoms with E-state index in [2.05, 4.69) is 5.32 Å². The molecule has 0 aromatic heterocycles. The molecule has 3 aliphatic rings. The van der Waals surface area contributed by atoms with Crippen LogP contribution >= 0.6 is 0 Å². The Labute approximate surface area is 91.5 Å². The van der Waals surface area contributed by atoms with Crippen molar-refractivity contribution in [1.82, 2.24) is 5.32 Å². The van der Waals surface area contributed by atoms with Gasteiger partial charge in [-0.2, -0.15) is 0 Å². The van der Waals surface area contributed by atoms with E-state index in [4.69, 9.17) is 9.47 Å². The zero-order valence-electron chi connectivity index (χ0n) is 9.34. The van der Waals surface area contributed by atoms with Gasteiger partial charge in [0.25, 0.3) is 0 Å². The molecular formula is C12H21NO2. The summed E-state index contributed by atoms with van der Waals surface area (Å²) in [6.07, 6.45) is 8.39. The second-order valence-corrected chi connectivity index (χ2v) is 5.27. The highest BCUT2D eigenvalue weighted by molar-refractivity contribution is 4.92. The van der Waals surface area contributed by atoms with E-state index in [1.54, 1.807) is 0 Å². The summed E-state index contributed by atoms with van der Waals surface area (Å²) in [7, 11) is 0. The van der Waals surface area contributed by atoms with Crippen LogP contribution in [-0.4, -0.2) is 37.5 Å². The van der Waals surface area contributed by atoms with E-state index in [0.717, 1.165) is 32.5 Å². The molecule has 2 heterocycles. The van der Waals surface area contributed by atoms with Crippen molar-refractivity contribution >= 4 is 0 Å². The molecule has 1 atom stereocenters. The molecule has 86 valence electrons. The van der Waals surface area contributed by atoms with Crippen LogP contribution in [-0.2, 0) is 9.47 Å². The Bertz CT molecular complexity index is 222. The van der Waals surface area contributed by atoms with Crippen LogP contribution in [0.25, 0.3) is 0 Å². The van der Waals surface area contributed by atoms with Gasteiger partial charge in [0.1, 0.15) is 0 Å². The molecule has 3 nitrogen and oxygen atoms in total. The van der Waals surface area contributed by atoms with Crippen molar-refractivity contribution in [3.05, 3.63) is 0 Å². The molecule has 1 unspecified atom stereocenters. The van der Waals surface area contributed by atoms with Gasteiger partial charge < -0.3 is 14.8 Å². The number of rotatable bonds is 2. The van der Waals surface area contributed by atoms with Gasteiger partial charge in [-0.15, -0.1) is 0 Å². The maximum absolute atomic E-state index is 6.07. The Morgan fingerprint density at radius 2 is 1.93 bits per heavy atom. The minimum absolute atomic E-state index is 0.208. The van der Waals surface area contributed by atoms with Gasteiger partial charge in [0.15, 0.2) is 0 Å². The lowest BCUT2D eigenvalue weighted by molar-refractivity contribution is -0.150. The third kappa shape index (κ3) is 2.05. The van der Waals surface area contributed by atoms with Crippen molar-refractivity contribution in [3.8, 4) is 0 Å². The molecule has 0 aromatic carbocycles. The zero-order chi connectivity index (χ0) is 10.1. The lowest BCUT2D eigenvalue weighted by Crippen LogP contribution is -2.52. The molecular weight excluding hydrogens is 190 g/mol. The van der Waals surface area contributed by atoms with E-state index in [9.17, 15) is 0 Å². The van der Waals surface area contributed by atoms with Crippen LogP contribution in [0.4, 0.5) is 0 Å². The van der Waals surface area contributed by atoms with E-state index in [1.807, 2.05) is 0 Å². The fourth-order valence-electron chi connectivity index (χ4n) is 3.10. The number of ether oxygens (including phenoxy) is 2. The van der Waals surface area contributed by atoms with Gasteiger partial charge in [-0.1, -0.05) is 12.8 Å². The fourth-order valence-corrected chi connectivity index (χ4v) is 3.10. The third-order valence-electron chi connectivity index (χ3n) is 4.09. The largest absolute Gasteiger partial charge is 0.375 e. The van der Waals surface area contributed by atoms with Crippen molar-refractivity contribution in [3.63, 3.8) is 0 Å². The van der Waals surface area contributed by atoms with Gasteiger partial charge in [-0.05, 0) is 19.3 Å². The molecule has 1 aliphatic carbocycles. The lowest BCUT2D eigenvalue weighted by atomic mass is 9.90. The van der Waals surface area contributed by atoms with Gasteiger partial charge in [-0.25, -0.2) is 0 Å². The lowest BCUT2D eigenvalue weighted by Gasteiger charge is -2.41. The van der Waals surface area contributed by atoms with Crippen molar-refractivity contribution < 1.29 is 9.47 Å². The smallest absolute Gasteiger partial charge is 0.0827 e. The molecule has 0 aromatic rings. The summed E-state index contributed by atoms with van der Waals surface area (Å²) in [4.78, 5) is 0. The van der Waals surface area contributed by atoms with Gasteiger partial charge in [-0.3, -0.25) is 0 Å². The summed E-state index contributed by atoms with van der Waals surface area (Å²) < 4.78 is 12.1. The summed E-state index contributed by atoms with van der Waals surface area (Å²) in [5.41, 5.74) is 0.208. The summed E-state index contributed by atoms with van der Waals surface area (Å²) in [5.74, 6) is 0. The first-order valence-corrected chi connectivity index (χ1v) is 6.36. The molecule has 0 bridgehead atoms. The Morgan fingerprint density at radius 1 is 1.13 bits per heavy atom. The molecule has 2 saturated heterocycles. The van der Waals surface area contributed by atoms with Gasteiger partial charge in [0.2, 0.25) is 0 Å². The van der Waals surface area contributed by atoms with Crippen LogP contribution in [0.2, 0.25) is 0 Å². The summed E-state index contributed by atoms with van der Waals surface area (Å²) in [5, 5.41) is 3.26. The zero-order valence-corrected chi connectivity index (χ0v) is 9.34. The number of hydrogen-bond donors (Lipinski definition) is 1. The highest BCUT2D eigenvalue weighted by Gasteiger charge is 2.41.